The zero-order valence-electron chi connectivity index (χ0n) is 22.3. The SMILES string of the molecule is COC(=O)c1cc(-c2cnn(C)c2OCCN2CC3CCC(Nc4ccccc4[N+](=O)[O-])(C3)C2)c(=O)n(C)c1. The van der Waals surface area contributed by atoms with Crippen LogP contribution in [-0.4, -0.2) is 69.0 Å². The van der Waals surface area contributed by atoms with E-state index >= 15 is 0 Å². The summed E-state index contributed by atoms with van der Waals surface area (Å²) in [7, 11) is 4.60. The van der Waals surface area contributed by atoms with Crippen molar-refractivity contribution in [2.45, 2.75) is 24.8 Å². The molecule has 2 bridgehead atoms. The molecular formula is C27H32N6O6. The molecule has 3 aromatic rings. The maximum Gasteiger partial charge on any atom is 0.339 e. The zero-order valence-corrected chi connectivity index (χ0v) is 22.3. The Morgan fingerprint density at radius 1 is 1.28 bits per heavy atom. The molecule has 12 heteroatoms. The average molecular weight is 537 g/mol. The van der Waals surface area contributed by atoms with Crippen molar-refractivity contribution in [2.24, 2.45) is 20.0 Å². The van der Waals surface area contributed by atoms with Crippen LogP contribution in [0.15, 0.2) is 47.5 Å². The largest absolute Gasteiger partial charge is 0.476 e. The monoisotopic (exact) mass is 536 g/mol. The second kappa shape index (κ2) is 10.5. The number of hydrogen-bond acceptors (Lipinski definition) is 9. The highest BCUT2D eigenvalue weighted by Crippen LogP contribution is 2.43. The number of anilines is 1. The minimum Gasteiger partial charge on any atom is -0.476 e. The number of pyridine rings is 1. The quantitative estimate of drug-likeness (QED) is 0.249. The number of rotatable bonds is 9. The van der Waals surface area contributed by atoms with E-state index in [1.54, 1.807) is 37.1 Å². The van der Waals surface area contributed by atoms with Crippen LogP contribution in [-0.2, 0) is 18.8 Å². The third-order valence-corrected chi connectivity index (χ3v) is 7.68. The van der Waals surface area contributed by atoms with Crippen LogP contribution in [0.4, 0.5) is 11.4 Å². The maximum atomic E-state index is 12.9. The third kappa shape index (κ3) is 5.24. The summed E-state index contributed by atoms with van der Waals surface area (Å²) in [6.07, 6.45) is 5.98. The second-order valence-electron chi connectivity index (χ2n) is 10.4. The molecule has 2 aromatic heterocycles. The highest BCUT2D eigenvalue weighted by molar-refractivity contribution is 5.90. The van der Waals surface area contributed by atoms with Gasteiger partial charge in [-0.2, -0.15) is 5.10 Å². The van der Waals surface area contributed by atoms with Crippen LogP contribution in [0.25, 0.3) is 11.1 Å². The first kappa shape index (κ1) is 26.4. The Morgan fingerprint density at radius 3 is 2.85 bits per heavy atom. The number of fused-ring (bicyclic) bond motifs is 2. The Labute approximate surface area is 225 Å². The molecule has 2 atom stereocenters. The maximum absolute atomic E-state index is 12.9. The van der Waals surface area contributed by atoms with Crippen LogP contribution in [0.3, 0.4) is 0 Å². The van der Waals surface area contributed by atoms with Crippen molar-refractivity contribution in [1.29, 1.82) is 0 Å². The molecule has 1 N–H and O–H groups in total. The highest BCUT2D eigenvalue weighted by atomic mass is 16.6. The Morgan fingerprint density at radius 2 is 2.08 bits per heavy atom. The van der Waals surface area contributed by atoms with Crippen LogP contribution in [0.2, 0.25) is 0 Å². The number of methoxy groups -OCH3 is 1. The Hall–Kier alpha value is -4.19. The molecule has 1 aromatic carbocycles. The zero-order chi connectivity index (χ0) is 27.7. The van der Waals surface area contributed by atoms with Gasteiger partial charge in [0.2, 0.25) is 5.88 Å². The number of ether oxygens (including phenoxy) is 2. The number of carbonyl (C=O) groups excluding carboxylic acids is 1. The molecule has 3 heterocycles. The van der Waals surface area contributed by atoms with Crippen molar-refractivity contribution in [3.8, 4) is 17.0 Å². The summed E-state index contributed by atoms with van der Waals surface area (Å²) in [5.41, 5.74) is 1.18. The Bertz CT molecular complexity index is 1470. The summed E-state index contributed by atoms with van der Waals surface area (Å²) < 4.78 is 13.9. The van der Waals surface area contributed by atoms with Crippen LogP contribution in [0.5, 0.6) is 5.88 Å². The van der Waals surface area contributed by atoms with Gasteiger partial charge in [0.15, 0.2) is 0 Å². The fraction of sp³-hybridized carbons (Fsp3) is 0.444. The fourth-order valence-corrected chi connectivity index (χ4v) is 5.93. The molecule has 39 heavy (non-hydrogen) atoms. The summed E-state index contributed by atoms with van der Waals surface area (Å²) in [6.45, 7) is 2.68. The summed E-state index contributed by atoms with van der Waals surface area (Å²) >= 11 is 0. The van der Waals surface area contributed by atoms with Gasteiger partial charge in [0.1, 0.15) is 12.3 Å². The number of likely N-dealkylation sites (tertiary alicyclic amines) is 1. The lowest BCUT2D eigenvalue weighted by molar-refractivity contribution is -0.384. The predicted molar refractivity (Wildman–Crippen MR) is 144 cm³/mol. The van der Waals surface area contributed by atoms with Gasteiger partial charge in [-0.3, -0.25) is 19.8 Å². The number of esters is 1. The molecule has 2 aliphatic rings. The number of para-hydroxylation sites is 2. The number of nitro benzene ring substituents is 1. The van der Waals surface area contributed by atoms with Crippen LogP contribution in [0.1, 0.15) is 29.6 Å². The lowest BCUT2D eigenvalue weighted by atomic mass is 9.90. The van der Waals surface area contributed by atoms with Crippen molar-refractivity contribution in [3.63, 3.8) is 0 Å². The summed E-state index contributed by atoms with van der Waals surface area (Å²) in [4.78, 5) is 38.5. The Balaban J connectivity index is 1.30. The number of nitrogens with zero attached hydrogens (tertiary/aromatic N) is 5. The predicted octanol–water partition coefficient (Wildman–Crippen LogP) is 2.83. The van der Waals surface area contributed by atoms with Gasteiger partial charge in [-0.05, 0) is 37.3 Å². The highest BCUT2D eigenvalue weighted by Gasteiger charge is 2.45. The molecule has 206 valence electrons. The van der Waals surface area contributed by atoms with Crippen molar-refractivity contribution in [1.82, 2.24) is 19.2 Å². The number of benzene rings is 1. The van der Waals surface area contributed by atoms with Crippen molar-refractivity contribution >= 4 is 17.3 Å². The van der Waals surface area contributed by atoms with E-state index in [-0.39, 0.29) is 27.3 Å². The van der Waals surface area contributed by atoms with Gasteiger partial charge in [-0.15, -0.1) is 0 Å². The molecule has 1 saturated carbocycles. The minimum absolute atomic E-state index is 0.0851. The molecule has 0 spiro atoms. The molecule has 1 aliphatic carbocycles. The first-order valence-electron chi connectivity index (χ1n) is 12.9. The smallest absolute Gasteiger partial charge is 0.339 e. The standard InChI is InChI=1S/C27H32N6O6/c1-30-16-19(26(35)38-3)12-20(24(30)34)21-14-28-31(2)25(21)39-11-10-32-15-18-8-9-27(13-18,17-32)29-22-6-4-5-7-23(22)33(36)37/h4-7,12,14,16,18,29H,8-11,13,15,17H2,1-3H3. The van der Waals surface area contributed by atoms with Gasteiger partial charge in [0.25, 0.3) is 11.2 Å². The minimum atomic E-state index is -0.540. The van der Waals surface area contributed by atoms with E-state index in [0.29, 0.717) is 41.8 Å². The second-order valence-corrected chi connectivity index (χ2v) is 10.4. The van der Waals surface area contributed by atoms with Gasteiger partial charge < -0.3 is 19.4 Å². The van der Waals surface area contributed by atoms with E-state index in [1.807, 2.05) is 6.07 Å². The molecule has 12 nitrogen and oxygen atoms in total. The lowest BCUT2D eigenvalue weighted by Gasteiger charge is -2.41. The third-order valence-electron chi connectivity index (χ3n) is 7.68. The molecule has 5 rings (SSSR count). The van der Waals surface area contributed by atoms with Gasteiger partial charge in [-0.25, -0.2) is 9.48 Å². The molecule has 0 radical (unpaired) electrons. The summed E-state index contributed by atoms with van der Waals surface area (Å²) in [5, 5.41) is 19.4. The first-order chi connectivity index (χ1) is 18.7. The number of piperidine rings is 1. The van der Waals surface area contributed by atoms with Crippen LogP contribution >= 0.6 is 0 Å². The molecule has 2 unspecified atom stereocenters. The van der Waals surface area contributed by atoms with Gasteiger partial charge in [-0.1, -0.05) is 12.1 Å². The van der Waals surface area contributed by atoms with Crippen molar-refractivity contribution < 1.29 is 19.2 Å². The van der Waals surface area contributed by atoms with Crippen molar-refractivity contribution in [3.05, 3.63) is 68.8 Å². The van der Waals surface area contributed by atoms with E-state index in [2.05, 4.69) is 15.3 Å². The number of hydrogen-bond donors (Lipinski definition) is 1. The number of aromatic nitrogens is 3. The van der Waals surface area contributed by atoms with E-state index in [4.69, 9.17) is 9.47 Å². The van der Waals surface area contributed by atoms with Gasteiger partial charge in [0, 0.05) is 46.0 Å². The summed E-state index contributed by atoms with van der Waals surface area (Å²) in [5.74, 6) is 0.397. The Kier molecular flexibility index (Phi) is 7.13. The molecular weight excluding hydrogens is 504 g/mol. The van der Waals surface area contributed by atoms with E-state index < -0.39 is 5.97 Å². The normalized spacial score (nSPS) is 20.5. The molecule has 1 aliphatic heterocycles. The lowest BCUT2D eigenvalue weighted by Crippen LogP contribution is -2.52. The topological polar surface area (TPSA) is 134 Å². The number of nitro groups is 1. The van der Waals surface area contributed by atoms with E-state index in [9.17, 15) is 19.7 Å². The first-order valence-corrected chi connectivity index (χ1v) is 12.9. The van der Waals surface area contributed by atoms with Crippen LogP contribution < -0.4 is 15.6 Å². The number of carbonyl (C=O) groups is 1. The molecule has 0 amide bonds. The fourth-order valence-electron chi connectivity index (χ4n) is 5.93. The number of nitrogens with one attached hydrogen (secondary N) is 1. The number of aryl methyl sites for hydroxylation is 2. The van der Waals surface area contributed by atoms with Gasteiger partial charge in [0.05, 0.1) is 40.5 Å². The van der Waals surface area contributed by atoms with Gasteiger partial charge >= 0.3 is 5.97 Å². The average Bonchev–Trinajstić information content (AvgIpc) is 3.43. The van der Waals surface area contributed by atoms with Crippen LogP contribution in [0, 0.1) is 16.0 Å². The molecule has 2 fully saturated rings. The molecule has 1 saturated heterocycles. The van der Waals surface area contributed by atoms with E-state index in [0.717, 1.165) is 32.4 Å². The summed E-state index contributed by atoms with van der Waals surface area (Å²) in [6, 6.07) is 8.29. The van der Waals surface area contributed by atoms with Crippen molar-refractivity contribution in [2.75, 3.05) is 38.7 Å². The van der Waals surface area contributed by atoms with E-state index in [1.165, 1.54) is 30.0 Å².